The van der Waals surface area contributed by atoms with Crippen molar-refractivity contribution in [2.24, 2.45) is 5.92 Å². The number of amides is 3. The van der Waals surface area contributed by atoms with Crippen molar-refractivity contribution in [2.45, 2.75) is 18.1 Å². The third kappa shape index (κ3) is 0.622. The van der Waals surface area contributed by atoms with Crippen LogP contribution in [0.3, 0.4) is 0 Å². The first-order chi connectivity index (χ1) is 6.18. The van der Waals surface area contributed by atoms with Gasteiger partial charge in [-0.15, -0.1) is 0 Å². The molecule has 0 aliphatic carbocycles. The third-order valence-corrected chi connectivity index (χ3v) is 2.90. The molecule has 13 heavy (non-hydrogen) atoms. The van der Waals surface area contributed by atoms with E-state index in [1.54, 1.807) is 0 Å². The highest BCUT2D eigenvalue weighted by atomic mass is 16.2. The van der Waals surface area contributed by atoms with Crippen molar-refractivity contribution in [1.29, 1.82) is 0 Å². The highest BCUT2D eigenvalue weighted by Gasteiger charge is 2.61. The number of carbonyl (C=O) groups is 3. The minimum atomic E-state index is -0.513. The molecule has 0 aromatic carbocycles. The van der Waals surface area contributed by atoms with Gasteiger partial charge in [0.1, 0.15) is 18.1 Å². The van der Waals surface area contributed by atoms with Crippen LogP contribution in [-0.4, -0.2) is 35.8 Å². The molecule has 3 aliphatic heterocycles. The Balaban J connectivity index is 2.07. The largest absolute Gasteiger partial charge is 0.342 e. The van der Waals surface area contributed by atoms with Crippen LogP contribution >= 0.6 is 0 Å². The molecular formula is C7H7N3O3. The molecule has 6 heteroatoms. The van der Waals surface area contributed by atoms with Crippen LogP contribution in [0.5, 0.6) is 0 Å². The Labute approximate surface area is 73.0 Å². The molecule has 0 spiro atoms. The van der Waals surface area contributed by atoms with E-state index < -0.39 is 18.1 Å². The molecule has 3 N–H and O–H groups in total. The SMILES string of the molecule is O=C1N[C@@H]2C(=O)N[C@@H]3C(=O)N[C@H]1C32. The van der Waals surface area contributed by atoms with Gasteiger partial charge in [-0.1, -0.05) is 0 Å². The zero-order valence-electron chi connectivity index (χ0n) is 6.53. The van der Waals surface area contributed by atoms with Gasteiger partial charge < -0.3 is 16.0 Å². The van der Waals surface area contributed by atoms with E-state index in [0.29, 0.717) is 0 Å². The quantitative estimate of drug-likeness (QED) is 0.374. The fourth-order valence-corrected chi connectivity index (χ4v) is 2.32. The average Bonchev–Trinajstić information content (AvgIpc) is 2.63. The lowest BCUT2D eigenvalue weighted by atomic mass is 9.97. The fourth-order valence-electron chi connectivity index (χ4n) is 2.32. The van der Waals surface area contributed by atoms with Gasteiger partial charge in [-0.3, -0.25) is 14.4 Å². The standard InChI is InChI=1S/C7H7N3O3/c11-5-2-1-3(6(12)8-2)10-7(13)4(1)9-5/h1-4H,(H,8,12)(H,9,11)(H,10,13)/t1?,2-,3-,4-/m0/s1. The van der Waals surface area contributed by atoms with E-state index in [2.05, 4.69) is 16.0 Å². The predicted octanol–water partition coefficient (Wildman–Crippen LogP) is -2.90. The highest BCUT2D eigenvalue weighted by Crippen LogP contribution is 2.31. The van der Waals surface area contributed by atoms with Gasteiger partial charge in [0.2, 0.25) is 17.7 Å². The molecule has 3 fully saturated rings. The zero-order chi connectivity index (χ0) is 9.16. The first-order valence-corrected chi connectivity index (χ1v) is 4.09. The molecule has 3 amide bonds. The van der Waals surface area contributed by atoms with Crippen LogP contribution in [0.4, 0.5) is 0 Å². The van der Waals surface area contributed by atoms with Crippen LogP contribution in [0, 0.1) is 5.92 Å². The Morgan fingerprint density at radius 3 is 1.31 bits per heavy atom. The molecule has 3 aliphatic rings. The first kappa shape index (κ1) is 6.88. The molecular weight excluding hydrogens is 174 g/mol. The molecule has 3 rings (SSSR count). The summed E-state index contributed by atoms with van der Waals surface area (Å²) < 4.78 is 0. The summed E-state index contributed by atoms with van der Waals surface area (Å²) in [5.74, 6) is -0.977. The molecule has 0 bridgehead atoms. The lowest BCUT2D eigenvalue weighted by Gasteiger charge is -2.03. The Morgan fingerprint density at radius 2 is 1.00 bits per heavy atom. The molecule has 68 valence electrons. The maximum Gasteiger partial charge on any atom is 0.243 e. The fraction of sp³-hybridized carbons (Fsp3) is 0.571. The van der Waals surface area contributed by atoms with Gasteiger partial charge in [-0.05, 0) is 0 Å². The van der Waals surface area contributed by atoms with Gasteiger partial charge in [-0.2, -0.15) is 0 Å². The van der Waals surface area contributed by atoms with Gasteiger partial charge in [0.05, 0.1) is 0 Å². The number of rotatable bonds is 0. The molecule has 0 saturated carbocycles. The van der Waals surface area contributed by atoms with E-state index in [9.17, 15) is 14.4 Å². The first-order valence-electron chi connectivity index (χ1n) is 4.09. The molecule has 0 unspecified atom stereocenters. The summed E-state index contributed by atoms with van der Waals surface area (Å²) >= 11 is 0. The van der Waals surface area contributed by atoms with Crippen molar-refractivity contribution in [1.82, 2.24) is 16.0 Å². The van der Waals surface area contributed by atoms with E-state index in [1.165, 1.54) is 0 Å². The molecule has 3 atom stereocenters. The Hall–Kier alpha value is -1.59. The second-order valence-corrected chi connectivity index (χ2v) is 3.54. The Morgan fingerprint density at radius 1 is 0.692 bits per heavy atom. The van der Waals surface area contributed by atoms with Crippen molar-refractivity contribution in [3.05, 3.63) is 0 Å². The van der Waals surface area contributed by atoms with Crippen LogP contribution in [0.1, 0.15) is 0 Å². The van der Waals surface area contributed by atoms with Gasteiger partial charge in [0.15, 0.2) is 0 Å². The maximum atomic E-state index is 11.2. The topological polar surface area (TPSA) is 87.3 Å². The normalized spacial score (nSPS) is 45.7. The summed E-state index contributed by atoms with van der Waals surface area (Å²) in [5.41, 5.74) is 0. The number of hydrogen-bond donors (Lipinski definition) is 3. The molecule has 6 nitrogen and oxygen atoms in total. The Bertz CT molecular complexity index is 288. The van der Waals surface area contributed by atoms with E-state index in [-0.39, 0.29) is 23.6 Å². The van der Waals surface area contributed by atoms with Crippen LogP contribution in [-0.2, 0) is 14.4 Å². The molecule has 0 aromatic rings. The lowest BCUT2D eigenvalue weighted by molar-refractivity contribution is -0.125. The van der Waals surface area contributed by atoms with Crippen molar-refractivity contribution in [3.63, 3.8) is 0 Å². The van der Waals surface area contributed by atoms with Gasteiger partial charge >= 0.3 is 0 Å². The third-order valence-electron chi connectivity index (χ3n) is 2.90. The van der Waals surface area contributed by atoms with Crippen LogP contribution in [0.15, 0.2) is 0 Å². The predicted molar refractivity (Wildman–Crippen MR) is 39.3 cm³/mol. The monoisotopic (exact) mass is 181 g/mol. The summed E-state index contributed by atoms with van der Waals surface area (Å²) in [6.07, 6.45) is 0. The van der Waals surface area contributed by atoms with Crippen LogP contribution in [0.2, 0.25) is 0 Å². The van der Waals surface area contributed by atoms with Crippen LogP contribution < -0.4 is 16.0 Å². The van der Waals surface area contributed by atoms with E-state index >= 15 is 0 Å². The van der Waals surface area contributed by atoms with Gasteiger partial charge in [-0.25, -0.2) is 0 Å². The van der Waals surface area contributed by atoms with E-state index in [1.807, 2.05) is 0 Å². The number of nitrogens with one attached hydrogen (secondary N) is 3. The second kappa shape index (κ2) is 1.84. The van der Waals surface area contributed by atoms with Crippen molar-refractivity contribution in [3.8, 4) is 0 Å². The maximum absolute atomic E-state index is 11.2. The number of hydrogen-bond acceptors (Lipinski definition) is 3. The molecule has 0 radical (unpaired) electrons. The van der Waals surface area contributed by atoms with Crippen LogP contribution in [0.25, 0.3) is 0 Å². The highest BCUT2D eigenvalue weighted by molar-refractivity contribution is 6.06. The number of carbonyl (C=O) groups excluding carboxylic acids is 3. The summed E-state index contributed by atoms with van der Waals surface area (Å²) in [4.78, 5) is 33.7. The second-order valence-electron chi connectivity index (χ2n) is 3.54. The van der Waals surface area contributed by atoms with E-state index in [4.69, 9.17) is 0 Å². The van der Waals surface area contributed by atoms with E-state index in [0.717, 1.165) is 0 Å². The summed E-state index contributed by atoms with van der Waals surface area (Å²) in [5, 5.41) is 7.66. The van der Waals surface area contributed by atoms with Gasteiger partial charge in [0, 0.05) is 5.92 Å². The minimum Gasteiger partial charge on any atom is -0.342 e. The Kier molecular flexibility index (Phi) is 0.971. The smallest absolute Gasteiger partial charge is 0.243 e. The molecule has 3 heterocycles. The lowest BCUT2D eigenvalue weighted by Crippen LogP contribution is -2.37. The minimum absolute atomic E-state index is 0.229. The van der Waals surface area contributed by atoms with Crippen molar-refractivity contribution < 1.29 is 14.4 Å². The average molecular weight is 181 g/mol. The summed E-state index contributed by atoms with van der Waals surface area (Å²) in [6, 6.07) is -1.54. The molecule has 3 saturated heterocycles. The molecule has 0 aromatic heterocycles. The summed E-state index contributed by atoms with van der Waals surface area (Å²) in [7, 11) is 0. The zero-order valence-corrected chi connectivity index (χ0v) is 6.53. The summed E-state index contributed by atoms with van der Waals surface area (Å²) in [6.45, 7) is 0. The van der Waals surface area contributed by atoms with Crippen molar-refractivity contribution >= 4 is 17.7 Å². The van der Waals surface area contributed by atoms with Gasteiger partial charge in [0.25, 0.3) is 0 Å². The van der Waals surface area contributed by atoms with Crippen molar-refractivity contribution in [2.75, 3.05) is 0 Å².